The molecule has 2 heterocycles. The lowest BCUT2D eigenvalue weighted by atomic mass is 10.1. The zero-order chi connectivity index (χ0) is 13.2. The minimum Gasteiger partial charge on any atom is -0.382 e. The third kappa shape index (κ3) is 2.44. The zero-order valence-electron chi connectivity index (χ0n) is 10.4. The SMILES string of the molecule is CCC1=NOC(C(=O)Nc2ccc3scnc3c2)C1. The van der Waals surface area contributed by atoms with Crippen molar-refractivity contribution in [1.29, 1.82) is 0 Å². The van der Waals surface area contributed by atoms with Crippen LogP contribution in [0.2, 0.25) is 0 Å². The Hall–Kier alpha value is -1.95. The van der Waals surface area contributed by atoms with Gasteiger partial charge in [0.1, 0.15) is 0 Å². The van der Waals surface area contributed by atoms with Crippen molar-refractivity contribution in [3.05, 3.63) is 23.7 Å². The summed E-state index contributed by atoms with van der Waals surface area (Å²) in [6, 6.07) is 5.68. The van der Waals surface area contributed by atoms with Crippen molar-refractivity contribution in [3.63, 3.8) is 0 Å². The highest BCUT2D eigenvalue weighted by Gasteiger charge is 2.27. The smallest absolute Gasteiger partial charge is 0.268 e. The van der Waals surface area contributed by atoms with Gasteiger partial charge in [-0.05, 0) is 24.6 Å². The van der Waals surface area contributed by atoms with Gasteiger partial charge in [-0.25, -0.2) is 4.98 Å². The van der Waals surface area contributed by atoms with Gasteiger partial charge in [-0.1, -0.05) is 12.1 Å². The summed E-state index contributed by atoms with van der Waals surface area (Å²) in [4.78, 5) is 21.4. The molecule has 0 radical (unpaired) electrons. The molecule has 0 saturated carbocycles. The fourth-order valence-electron chi connectivity index (χ4n) is 1.93. The molecule has 1 atom stereocenters. The van der Waals surface area contributed by atoms with Gasteiger partial charge in [0, 0.05) is 12.1 Å². The zero-order valence-corrected chi connectivity index (χ0v) is 11.2. The van der Waals surface area contributed by atoms with Crippen molar-refractivity contribution in [3.8, 4) is 0 Å². The van der Waals surface area contributed by atoms with Crippen molar-refractivity contribution in [2.24, 2.45) is 5.16 Å². The number of aromatic nitrogens is 1. The Kier molecular flexibility index (Phi) is 3.16. The number of rotatable bonds is 3. The number of anilines is 1. The molecule has 98 valence electrons. The van der Waals surface area contributed by atoms with E-state index in [0.29, 0.717) is 6.42 Å². The van der Waals surface area contributed by atoms with Crippen LogP contribution in [-0.2, 0) is 9.63 Å². The first kappa shape index (κ1) is 12.1. The van der Waals surface area contributed by atoms with Crippen molar-refractivity contribution in [2.45, 2.75) is 25.9 Å². The van der Waals surface area contributed by atoms with Gasteiger partial charge in [-0.3, -0.25) is 4.79 Å². The number of oxime groups is 1. The molecule has 3 rings (SSSR count). The van der Waals surface area contributed by atoms with Crippen LogP contribution in [0.5, 0.6) is 0 Å². The van der Waals surface area contributed by atoms with Gasteiger partial charge in [-0.2, -0.15) is 0 Å². The summed E-state index contributed by atoms with van der Waals surface area (Å²) in [6.45, 7) is 2.00. The largest absolute Gasteiger partial charge is 0.382 e. The Morgan fingerprint density at radius 1 is 1.58 bits per heavy atom. The first-order valence-corrected chi connectivity index (χ1v) is 7.00. The van der Waals surface area contributed by atoms with E-state index in [-0.39, 0.29) is 5.91 Å². The molecule has 0 saturated heterocycles. The maximum absolute atomic E-state index is 12.0. The molecule has 1 N–H and O–H groups in total. The van der Waals surface area contributed by atoms with Gasteiger partial charge in [0.05, 0.1) is 21.4 Å². The molecule has 1 unspecified atom stereocenters. The molecule has 0 aliphatic carbocycles. The molecule has 19 heavy (non-hydrogen) atoms. The van der Waals surface area contributed by atoms with Crippen LogP contribution < -0.4 is 5.32 Å². The van der Waals surface area contributed by atoms with Crippen molar-refractivity contribution in [1.82, 2.24) is 4.98 Å². The molecule has 1 aliphatic heterocycles. The Labute approximate surface area is 114 Å². The van der Waals surface area contributed by atoms with E-state index in [4.69, 9.17) is 4.84 Å². The number of nitrogens with one attached hydrogen (secondary N) is 1. The third-order valence-electron chi connectivity index (χ3n) is 3.03. The molecule has 0 fully saturated rings. The molecule has 6 heteroatoms. The highest BCUT2D eigenvalue weighted by Crippen LogP contribution is 2.22. The van der Waals surface area contributed by atoms with Gasteiger partial charge in [0.15, 0.2) is 0 Å². The Morgan fingerprint density at radius 2 is 2.47 bits per heavy atom. The van der Waals surface area contributed by atoms with E-state index in [1.165, 1.54) is 0 Å². The van der Waals surface area contributed by atoms with Gasteiger partial charge in [0.2, 0.25) is 6.10 Å². The first-order chi connectivity index (χ1) is 9.26. The fraction of sp³-hybridized carbons (Fsp3) is 0.308. The minimum atomic E-state index is -0.513. The number of carbonyl (C=O) groups is 1. The number of hydrogen-bond donors (Lipinski definition) is 1. The molecule has 1 aromatic carbocycles. The predicted octanol–water partition coefficient (Wildman–Crippen LogP) is 2.79. The Balaban J connectivity index is 1.69. The number of thiazole rings is 1. The van der Waals surface area contributed by atoms with Crippen LogP contribution in [0, 0.1) is 0 Å². The quantitative estimate of drug-likeness (QED) is 0.936. The molecular formula is C13H13N3O2S. The number of carbonyl (C=O) groups excluding carboxylic acids is 1. The molecule has 0 spiro atoms. The summed E-state index contributed by atoms with van der Waals surface area (Å²) < 4.78 is 1.10. The monoisotopic (exact) mass is 275 g/mol. The van der Waals surface area contributed by atoms with Crippen LogP contribution in [-0.4, -0.2) is 22.7 Å². The van der Waals surface area contributed by atoms with Crippen molar-refractivity contribution in [2.75, 3.05) is 5.32 Å². The summed E-state index contributed by atoms with van der Waals surface area (Å²) in [6.07, 6.45) is 0.872. The normalized spacial score (nSPS) is 18.2. The van der Waals surface area contributed by atoms with Gasteiger partial charge in [0.25, 0.3) is 5.91 Å². The average Bonchev–Trinajstić information content (AvgIpc) is 3.06. The predicted molar refractivity (Wildman–Crippen MR) is 75.5 cm³/mol. The number of amides is 1. The van der Waals surface area contributed by atoms with Crippen molar-refractivity contribution < 1.29 is 9.63 Å². The average molecular weight is 275 g/mol. The molecule has 0 bridgehead atoms. The second-order valence-electron chi connectivity index (χ2n) is 4.33. The molecule has 2 aromatic rings. The van der Waals surface area contributed by atoms with Crippen LogP contribution in [0.25, 0.3) is 10.2 Å². The van der Waals surface area contributed by atoms with E-state index in [2.05, 4.69) is 15.5 Å². The van der Waals surface area contributed by atoms with Crippen LogP contribution >= 0.6 is 11.3 Å². The molecule has 1 aromatic heterocycles. The Morgan fingerprint density at radius 3 is 3.26 bits per heavy atom. The highest BCUT2D eigenvalue weighted by atomic mass is 32.1. The number of fused-ring (bicyclic) bond motifs is 1. The van der Waals surface area contributed by atoms with Crippen LogP contribution in [0.15, 0.2) is 28.9 Å². The summed E-state index contributed by atoms with van der Waals surface area (Å²) >= 11 is 1.58. The summed E-state index contributed by atoms with van der Waals surface area (Å²) in [5.41, 5.74) is 4.34. The molecule has 1 aliphatic rings. The summed E-state index contributed by atoms with van der Waals surface area (Å²) in [5, 5.41) is 6.72. The second kappa shape index (κ2) is 4.97. The Bertz CT molecular complexity index is 650. The summed E-state index contributed by atoms with van der Waals surface area (Å²) in [5.74, 6) is -0.165. The highest BCUT2D eigenvalue weighted by molar-refractivity contribution is 7.16. The second-order valence-corrected chi connectivity index (χ2v) is 5.22. The van der Waals surface area contributed by atoms with Crippen LogP contribution in [0.4, 0.5) is 5.69 Å². The van der Waals surface area contributed by atoms with E-state index >= 15 is 0 Å². The minimum absolute atomic E-state index is 0.165. The fourth-order valence-corrected chi connectivity index (χ4v) is 2.59. The number of nitrogens with zero attached hydrogens (tertiary/aromatic N) is 2. The van der Waals surface area contributed by atoms with E-state index in [1.807, 2.05) is 25.1 Å². The number of benzene rings is 1. The van der Waals surface area contributed by atoms with Gasteiger partial charge < -0.3 is 10.2 Å². The third-order valence-corrected chi connectivity index (χ3v) is 3.84. The topological polar surface area (TPSA) is 63.6 Å². The molecule has 1 amide bonds. The van der Waals surface area contributed by atoms with Crippen LogP contribution in [0.1, 0.15) is 19.8 Å². The maximum Gasteiger partial charge on any atom is 0.268 e. The van der Waals surface area contributed by atoms with E-state index in [1.54, 1.807) is 16.8 Å². The lowest BCUT2D eigenvalue weighted by Gasteiger charge is -2.09. The van der Waals surface area contributed by atoms with E-state index < -0.39 is 6.10 Å². The summed E-state index contributed by atoms with van der Waals surface area (Å²) in [7, 11) is 0. The lowest BCUT2D eigenvalue weighted by molar-refractivity contribution is -0.125. The van der Waals surface area contributed by atoms with Gasteiger partial charge >= 0.3 is 0 Å². The molecular weight excluding hydrogens is 262 g/mol. The maximum atomic E-state index is 12.0. The molecule has 5 nitrogen and oxygen atoms in total. The van der Waals surface area contributed by atoms with Gasteiger partial charge in [-0.15, -0.1) is 11.3 Å². The van der Waals surface area contributed by atoms with E-state index in [9.17, 15) is 4.79 Å². The van der Waals surface area contributed by atoms with E-state index in [0.717, 1.165) is 28.0 Å². The number of hydrogen-bond acceptors (Lipinski definition) is 5. The lowest BCUT2D eigenvalue weighted by Crippen LogP contribution is -2.27. The first-order valence-electron chi connectivity index (χ1n) is 6.12. The standard InChI is InChI=1S/C13H13N3O2S/c1-2-8-6-11(18-16-8)13(17)15-9-3-4-12-10(5-9)14-7-19-12/h3-5,7,11H,2,6H2,1H3,(H,15,17). The van der Waals surface area contributed by atoms with Crippen molar-refractivity contribution >= 4 is 38.9 Å². The van der Waals surface area contributed by atoms with Crippen LogP contribution in [0.3, 0.4) is 0 Å².